The number of benzene rings is 1. The first-order valence-corrected chi connectivity index (χ1v) is 8.33. The van der Waals surface area contributed by atoms with Gasteiger partial charge in [0.05, 0.1) is 26.3 Å². The second kappa shape index (κ2) is 7.53. The summed E-state index contributed by atoms with van der Waals surface area (Å²) in [5.41, 5.74) is 1.02. The van der Waals surface area contributed by atoms with Gasteiger partial charge >= 0.3 is 0 Å². The predicted molar refractivity (Wildman–Crippen MR) is 91.9 cm³/mol. The molecule has 5 heteroatoms. The van der Waals surface area contributed by atoms with E-state index in [9.17, 15) is 4.79 Å². The molecule has 2 aromatic rings. The third-order valence-corrected chi connectivity index (χ3v) is 4.51. The van der Waals surface area contributed by atoms with E-state index < -0.39 is 0 Å². The molecule has 1 saturated heterocycles. The highest BCUT2D eigenvalue weighted by Crippen LogP contribution is 2.16. The molecule has 24 heavy (non-hydrogen) atoms. The predicted octanol–water partition coefficient (Wildman–Crippen LogP) is 2.56. The molecule has 1 aliphatic rings. The summed E-state index contributed by atoms with van der Waals surface area (Å²) >= 11 is 0. The first kappa shape index (κ1) is 16.6. The Hall–Kier alpha value is -2.27. The van der Waals surface area contributed by atoms with Gasteiger partial charge in [-0.2, -0.15) is 0 Å². The summed E-state index contributed by atoms with van der Waals surface area (Å²) in [5, 5.41) is 0. The van der Waals surface area contributed by atoms with E-state index in [2.05, 4.69) is 11.8 Å². The van der Waals surface area contributed by atoms with E-state index in [0.29, 0.717) is 6.42 Å². The Morgan fingerprint density at radius 2 is 2.04 bits per heavy atom. The maximum Gasteiger partial charge on any atom is 0.227 e. The molecular weight excluding hydrogens is 304 g/mol. The van der Waals surface area contributed by atoms with E-state index in [1.54, 1.807) is 13.4 Å². The highest BCUT2D eigenvalue weighted by Gasteiger charge is 2.27. The molecule has 0 aliphatic carbocycles. The van der Waals surface area contributed by atoms with Gasteiger partial charge in [0.15, 0.2) is 0 Å². The van der Waals surface area contributed by atoms with E-state index >= 15 is 0 Å². The molecule has 0 bridgehead atoms. The van der Waals surface area contributed by atoms with E-state index in [1.165, 1.54) is 0 Å². The minimum Gasteiger partial charge on any atom is -0.497 e. The van der Waals surface area contributed by atoms with Gasteiger partial charge in [0.25, 0.3) is 0 Å². The first-order chi connectivity index (χ1) is 11.7. The fourth-order valence-electron chi connectivity index (χ4n) is 3.19. The van der Waals surface area contributed by atoms with E-state index in [0.717, 1.165) is 43.3 Å². The summed E-state index contributed by atoms with van der Waals surface area (Å²) in [4.78, 5) is 16.9. The molecule has 0 radical (unpaired) electrons. The summed E-state index contributed by atoms with van der Waals surface area (Å²) in [5.74, 6) is 1.97. The fourth-order valence-corrected chi connectivity index (χ4v) is 3.19. The van der Waals surface area contributed by atoms with Crippen LogP contribution in [0.3, 0.4) is 0 Å². The van der Waals surface area contributed by atoms with Crippen molar-refractivity contribution in [3.8, 4) is 5.75 Å². The Bertz CT molecular complexity index is 652. The number of methoxy groups -OCH3 is 1. The topological polar surface area (TPSA) is 45.9 Å². The highest BCUT2D eigenvalue weighted by molar-refractivity contribution is 5.79. The number of carbonyl (C=O) groups excluding carboxylic acids is 1. The molecule has 1 aromatic carbocycles. The van der Waals surface area contributed by atoms with Crippen LogP contribution in [-0.2, 0) is 17.8 Å². The Morgan fingerprint density at radius 1 is 1.25 bits per heavy atom. The number of piperazine rings is 1. The summed E-state index contributed by atoms with van der Waals surface area (Å²) in [7, 11) is 1.64. The normalized spacial score (nSPS) is 18.6. The number of hydrogen-bond donors (Lipinski definition) is 0. The van der Waals surface area contributed by atoms with Crippen molar-refractivity contribution in [1.82, 2.24) is 9.80 Å². The number of amides is 1. The Kier molecular flexibility index (Phi) is 5.20. The molecule has 2 heterocycles. The highest BCUT2D eigenvalue weighted by atomic mass is 16.5. The average molecular weight is 328 g/mol. The van der Waals surface area contributed by atoms with Crippen LogP contribution in [0.1, 0.15) is 18.2 Å². The van der Waals surface area contributed by atoms with Crippen molar-refractivity contribution in [2.75, 3.05) is 26.7 Å². The van der Waals surface area contributed by atoms with Gasteiger partial charge in [-0.05, 0) is 36.8 Å². The van der Waals surface area contributed by atoms with Gasteiger partial charge < -0.3 is 14.1 Å². The SMILES string of the molecule is COc1ccc(CC(=O)N2CCN(Cc3ccco3)C[C@@H]2C)cc1. The number of ether oxygens (including phenoxy) is 1. The molecule has 1 atom stereocenters. The average Bonchev–Trinajstić information content (AvgIpc) is 3.08. The van der Waals surface area contributed by atoms with Gasteiger partial charge in [0.1, 0.15) is 11.5 Å². The molecule has 1 amide bonds. The van der Waals surface area contributed by atoms with Crippen molar-refractivity contribution >= 4 is 5.91 Å². The van der Waals surface area contributed by atoms with Gasteiger partial charge in [-0.3, -0.25) is 9.69 Å². The van der Waals surface area contributed by atoms with Gasteiger partial charge in [-0.15, -0.1) is 0 Å². The number of rotatable bonds is 5. The van der Waals surface area contributed by atoms with E-state index in [4.69, 9.17) is 9.15 Å². The van der Waals surface area contributed by atoms with Gasteiger partial charge in [0.2, 0.25) is 5.91 Å². The van der Waals surface area contributed by atoms with Crippen LogP contribution in [0.5, 0.6) is 5.75 Å². The smallest absolute Gasteiger partial charge is 0.227 e. The second-order valence-corrected chi connectivity index (χ2v) is 6.28. The molecule has 0 saturated carbocycles. The molecule has 5 nitrogen and oxygen atoms in total. The van der Waals surface area contributed by atoms with Crippen molar-refractivity contribution in [2.45, 2.75) is 25.9 Å². The monoisotopic (exact) mass is 328 g/mol. The van der Waals surface area contributed by atoms with Gasteiger partial charge in [0, 0.05) is 25.7 Å². The van der Waals surface area contributed by atoms with Crippen LogP contribution in [0.25, 0.3) is 0 Å². The molecular formula is C19H24N2O3. The Morgan fingerprint density at radius 3 is 2.67 bits per heavy atom. The van der Waals surface area contributed by atoms with Crippen LogP contribution in [-0.4, -0.2) is 48.5 Å². The van der Waals surface area contributed by atoms with E-state index in [1.807, 2.05) is 41.3 Å². The second-order valence-electron chi connectivity index (χ2n) is 6.28. The maximum absolute atomic E-state index is 12.6. The van der Waals surface area contributed by atoms with Crippen LogP contribution in [0.15, 0.2) is 47.1 Å². The first-order valence-electron chi connectivity index (χ1n) is 8.33. The largest absolute Gasteiger partial charge is 0.497 e. The van der Waals surface area contributed by atoms with Crippen LogP contribution in [0.4, 0.5) is 0 Å². The third kappa shape index (κ3) is 3.97. The van der Waals surface area contributed by atoms with E-state index in [-0.39, 0.29) is 11.9 Å². The van der Waals surface area contributed by atoms with Gasteiger partial charge in [-0.25, -0.2) is 0 Å². The Labute approximate surface area is 142 Å². The number of furan rings is 1. The van der Waals surface area contributed by atoms with Crippen LogP contribution in [0.2, 0.25) is 0 Å². The van der Waals surface area contributed by atoms with Crippen molar-refractivity contribution in [2.24, 2.45) is 0 Å². The fraction of sp³-hybridized carbons (Fsp3) is 0.421. The lowest BCUT2D eigenvalue weighted by molar-refractivity contribution is -0.135. The van der Waals surface area contributed by atoms with Gasteiger partial charge in [-0.1, -0.05) is 12.1 Å². The number of carbonyl (C=O) groups is 1. The summed E-state index contributed by atoms with van der Waals surface area (Å²) < 4.78 is 10.6. The molecule has 3 rings (SSSR count). The lowest BCUT2D eigenvalue weighted by atomic mass is 10.1. The van der Waals surface area contributed by atoms with Crippen molar-refractivity contribution in [3.63, 3.8) is 0 Å². The van der Waals surface area contributed by atoms with Crippen LogP contribution < -0.4 is 4.74 Å². The standard InChI is InChI=1S/C19H24N2O3/c1-15-13-20(14-18-4-3-11-24-18)9-10-21(15)19(22)12-16-5-7-17(23-2)8-6-16/h3-8,11,15H,9-10,12-14H2,1-2H3/t15-/m0/s1. The Balaban J connectivity index is 1.54. The summed E-state index contributed by atoms with van der Waals surface area (Å²) in [6, 6.07) is 11.8. The summed E-state index contributed by atoms with van der Waals surface area (Å²) in [6.45, 7) is 5.42. The maximum atomic E-state index is 12.6. The zero-order valence-electron chi connectivity index (χ0n) is 14.3. The number of hydrogen-bond acceptors (Lipinski definition) is 4. The van der Waals surface area contributed by atoms with Crippen LogP contribution >= 0.6 is 0 Å². The van der Waals surface area contributed by atoms with Crippen molar-refractivity contribution in [1.29, 1.82) is 0 Å². The number of nitrogens with zero attached hydrogens (tertiary/aromatic N) is 2. The molecule has 0 N–H and O–H groups in total. The molecule has 1 aliphatic heterocycles. The minimum atomic E-state index is 0.185. The van der Waals surface area contributed by atoms with Crippen LogP contribution in [0, 0.1) is 0 Å². The molecule has 128 valence electrons. The lowest BCUT2D eigenvalue weighted by Crippen LogP contribution is -2.54. The molecule has 1 fully saturated rings. The molecule has 0 spiro atoms. The zero-order chi connectivity index (χ0) is 16.9. The molecule has 0 unspecified atom stereocenters. The minimum absolute atomic E-state index is 0.185. The van der Waals surface area contributed by atoms with Crippen molar-refractivity contribution < 1.29 is 13.9 Å². The quantitative estimate of drug-likeness (QED) is 0.846. The van der Waals surface area contributed by atoms with Crippen molar-refractivity contribution in [3.05, 3.63) is 54.0 Å². The third-order valence-electron chi connectivity index (χ3n) is 4.51. The lowest BCUT2D eigenvalue weighted by Gasteiger charge is -2.39. The summed E-state index contributed by atoms with van der Waals surface area (Å²) in [6.07, 6.45) is 2.14. The zero-order valence-corrected chi connectivity index (χ0v) is 14.3. The molecule has 1 aromatic heterocycles.